The van der Waals surface area contributed by atoms with Gasteiger partial charge < -0.3 is 10.1 Å². The third-order valence-electron chi connectivity index (χ3n) is 4.87. The fourth-order valence-corrected chi connectivity index (χ4v) is 2.92. The highest BCUT2D eigenvalue weighted by Crippen LogP contribution is 2.30. The Morgan fingerprint density at radius 3 is 2.32 bits per heavy atom. The summed E-state index contributed by atoms with van der Waals surface area (Å²) in [5.41, 5.74) is 5.60. The molecule has 0 heterocycles. The molecule has 6 nitrogen and oxygen atoms in total. The lowest BCUT2D eigenvalue weighted by molar-refractivity contribution is -0.117. The molecule has 0 unspecified atom stereocenters. The summed E-state index contributed by atoms with van der Waals surface area (Å²) < 4.78 is 5.76. The number of benzene rings is 3. The molecule has 1 saturated carbocycles. The van der Waals surface area contributed by atoms with Crippen molar-refractivity contribution in [2.75, 3.05) is 5.32 Å². The van der Waals surface area contributed by atoms with E-state index in [4.69, 9.17) is 4.74 Å². The van der Waals surface area contributed by atoms with Crippen LogP contribution in [0, 0.1) is 5.92 Å². The number of rotatable bonds is 8. The van der Waals surface area contributed by atoms with Gasteiger partial charge in [-0.2, -0.15) is 5.10 Å². The van der Waals surface area contributed by atoms with Gasteiger partial charge in [-0.15, -0.1) is 0 Å². The van der Waals surface area contributed by atoms with Crippen molar-refractivity contribution in [3.05, 3.63) is 95.6 Å². The number of nitrogens with one attached hydrogen (secondary N) is 2. The average Bonchev–Trinajstić information content (AvgIpc) is 3.65. The van der Waals surface area contributed by atoms with Gasteiger partial charge in [-0.25, -0.2) is 5.43 Å². The first kappa shape index (κ1) is 20.3. The van der Waals surface area contributed by atoms with Gasteiger partial charge >= 0.3 is 0 Å². The number of hydrogen-bond donors (Lipinski definition) is 2. The van der Waals surface area contributed by atoms with Crippen molar-refractivity contribution in [3.8, 4) is 5.75 Å². The van der Waals surface area contributed by atoms with E-state index in [1.807, 2.05) is 54.6 Å². The molecule has 1 aliphatic rings. The van der Waals surface area contributed by atoms with Gasteiger partial charge in [0.15, 0.2) is 0 Å². The molecule has 0 spiro atoms. The third kappa shape index (κ3) is 6.02. The number of carbonyl (C=O) groups is 2. The molecular weight excluding hydrogens is 390 g/mol. The molecular formula is C25H23N3O3. The number of ether oxygens (including phenoxy) is 1. The van der Waals surface area contributed by atoms with Crippen LogP contribution in [0.15, 0.2) is 84.0 Å². The van der Waals surface area contributed by atoms with E-state index in [1.165, 1.54) is 0 Å². The largest absolute Gasteiger partial charge is 0.489 e. The van der Waals surface area contributed by atoms with Crippen LogP contribution in [0.1, 0.15) is 34.3 Å². The van der Waals surface area contributed by atoms with Crippen molar-refractivity contribution in [2.24, 2.45) is 11.0 Å². The number of nitrogens with zero attached hydrogens (tertiary/aromatic N) is 1. The zero-order valence-corrected chi connectivity index (χ0v) is 17.0. The summed E-state index contributed by atoms with van der Waals surface area (Å²) in [6.07, 6.45) is 3.48. The van der Waals surface area contributed by atoms with Gasteiger partial charge in [-0.05, 0) is 72.5 Å². The molecule has 6 heteroatoms. The van der Waals surface area contributed by atoms with E-state index in [0.29, 0.717) is 17.9 Å². The highest BCUT2D eigenvalue weighted by molar-refractivity contribution is 5.97. The maximum atomic E-state index is 12.2. The lowest BCUT2D eigenvalue weighted by Crippen LogP contribution is -2.18. The van der Waals surface area contributed by atoms with Gasteiger partial charge in [0.2, 0.25) is 5.91 Å². The number of anilines is 1. The molecule has 4 rings (SSSR count). The molecule has 2 N–H and O–H groups in total. The zero-order valence-electron chi connectivity index (χ0n) is 17.0. The monoisotopic (exact) mass is 413 g/mol. The van der Waals surface area contributed by atoms with Gasteiger partial charge in [-0.1, -0.05) is 30.3 Å². The predicted octanol–water partition coefficient (Wildman–Crippen LogP) is 4.38. The van der Waals surface area contributed by atoms with Gasteiger partial charge in [0.25, 0.3) is 5.91 Å². The van der Waals surface area contributed by atoms with E-state index in [2.05, 4.69) is 15.8 Å². The van der Waals surface area contributed by atoms with Crippen molar-refractivity contribution >= 4 is 23.7 Å². The minimum Gasteiger partial charge on any atom is -0.489 e. The Morgan fingerprint density at radius 2 is 1.65 bits per heavy atom. The average molecular weight is 413 g/mol. The molecule has 3 aromatic rings. The van der Waals surface area contributed by atoms with Gasteiger partial charge in [0.05, 0.1) is 6.21 Å². The van der Waals surface area contributed by atoms with Crippen molar-refractivity contribution in [1.29, 1.82) is 0 Å². The van der Waals surface area contributed by atoms with Crippen LogP contribution < -0.4 is 15.5 Å². The van der Waals surface area contributed by atoms with E-state index < -0.39 is 0 Å². The molecule has 31 heavy (non-hydrogen) atoms. The molecule has 0 saturated heterocycles. The topological polar surface area (TPSA) is 79.8 Å². The second-order valence-electron chi connectivity index (χ2n) is 7.38. The van der Waals surface area contributed by atoms with Crippen molar-refractivity contribution in [3.63, 3.8) is 0 Å². The van der Waals surface area contributed by atoms with E-state index in [-0.39, 0.29) is 17.7 Å². The summed E-state index contributed by atoms with van der Waals surface area (Å²) >= 11 is 0. The van der Waals surface area contributed by atoms with Crippen molar-refractivity contribution in [2.45, 2.75) is 19.4 Å². The van der Waals surface area contributed by atoms with Crippen LogP contribution in [0.3, 0.4) is 0 Å². The summed E-state index contributed by atoms with van der Waals surface area (Å²) in [5.74, 6) is 0.623. The van der Waals surface area contributed by atoms with E-state index >= 15 is 0 Å². The third-order valence-corrected chi connectivity index (χ3v) is 4.87. The second kappa shape index (κ2) is 9.71. The summed E-state index contributed by atoms with van der Waals surface area (Å²) in [6, 6.07) is 24.2. The first-order valence-electron chi connectivity index (χ1n) is 10.2. The number of carbonyl (C=O) groups excluding carboxylic acids is 2. The summed E-state index contributed by atoms with van der Waals surface area (Å²) in [4.78, 5) is 24.0. The summed E-state index contributed by atoms with van der Waals surface area (Å²) in [6.45, 7) is 0.507. The molecule has 0 bridgehead atoms. The first-order chi connectivity index (χ1) is 15.2. The predicted molar refractivity (Wildman–Crippen MR) is 120 cm³/mol. The lowest BCUT2D eigenvalue weighted by Gasteiger charge is -2.06. The van der Waals surface area contributed by atoms with Gasteiger partial charge in [-0.3, -0.25) is 9.59 Å². The van der Waals surface area contributed by atoms with Crippen LogP contribution in [-0.4, -0.2) is 18.0 Å². The Balaban J connectivity index is 1.24. The summed E-state index contributed by atoms with van der Waals surface area (Å²) in [7, 11) is 0. The van der Waals surface area contributed by atoms with Gasteiger partial charge in [0.1, 0.15) is 12.4 Å². The fourth-order valence-electron chi connectivity index (χ4n) is 2.92. The highest BCUT2D eigenvalue weighted by atomic mass is 16.5. The van der Waals surface area contributed by atoms with Crippen LogP contribution in [0.25, 0.3) is 0 Å². The number of amides is 2. The molecule has 1 aliphatic carbocycles. The number of hydrazone groups is 1. The maximum Gasteiger partial charge on any atom is 0.271 e. The second-order valence-corrected chi connectivity index (χ2v) is 7.38. The van der Waals surface area contributed by atoms with Gasteiger partial charge in [0, 0.05) is 17.2 Å². The highest BCUT2D eigenvalue weighted by Gasteiger charge is 2.29. The normalized spacial score (nSPS) is 13.0. The Morgan fingerprint density at radius 1 is 0.935 bits per heavy atom. The van der Waals surface area contributed by atoms with E-state index in [0.717, 1.165) is 29.7 Å². The quantitative estimate of drug-likeness (QED) is 0.425. The zero-order chi connectivity index (χ0) is 21.5. The fraction of sp³-hybridized carbons (Fsp3) is 0.160. The Labute approximate surface area is 180 Å². The minimum absolute atomic E-state index is 0.0401. The summed E-state index contributed by atoms with van der Waals surface area (Å²) in [5, 5.41) is 6.86. The van der Waals surface area contributed by atoms with Crippen molar-refractivity contribution < 1.29 is 14.3 Å². The maximum absolute atomic E-state index is 12.2. The van der Waals surface area contributed by atoms with Crippen molar-refractivity contribution in [1.82, 2.24) is 5.43 Å². The molecule has 0 aliphatic heterocycles. The van der Waals surface area contributed by atoms with Crippen LogP contribution in [0.4, 0.5) is 5.69 Å². The number of hydrogen-bond acceptors (Lipinski definition) is 4. The van der Waals surface area contributed by atoms with E-state index in [9.17, 15) is 9.59 Å². The smallest absolute Gasteiger partial charge is 0.271 e. The van der Waals surface area contributed by atoms with E-state index in [1.54, 1.807) is 30.5 Å². The van der Waals surface area contributed by atoms with Crippen LogP contribution >= 0.6 is 0 Å². The molecule has 156 valence electrons. The Hall–Kier alpha value is -3.93. The molecule has 1 fully saturated rings. The SMILES string of the molecule is O=C(NN=Cc1ccc(OCc2ccccc2)cc1)c1ccc(NC(=O)C2CC2)cc1. The molecule has 0 radical (unpaired) electrons. The standard InChI is InChI=1S/C25H23N3O3/c29-24(20-8-9-20)27-22-12-10-21(11-13-22)25(30)28-26-16-18-6-14-23(15-7-18)31-17-19-4-2-1-3-5-19/h1-7,10-16,20H,8-9,17H2,(H,27,29)(H,28,30). The molecule has 3 aromatic carbocycles. The van der Waals surface area contributed by atoms with Crippen LogP contribution in [0.5, 0.6) is 5.75 Å². The minimum atomic E-state index is -0.320. The lowest BCUT2D eigenvalue weighted by atomic mass is 10.2. The first-order valence-corrected chi connectivity index (χ1v) is 10.2. The van der Waals surface area contributed by atoms with Crippen LogP contribution in [0.2, 0.25) is 0 Å². The molecule has 0 aromatic heterocycles. The van der Waals surface area contributed by atoms with Crippen LogP contribution in [-0.2, 0) is 11.4 Å². The Kier molecular flexibility index (Phi) is 6.38. The molecule has 2 amide bonds. The Bertz CT molecular complexity index is 1060. The molecule has 0 atom stereocenters.